The summed E-state index contributed by atoms with van der Waals surface area (Å²) in [6.45, 7) is 6.05. The van der Waals surface area contributed by atoms with Crippen molar-refractivity contribution in [3.05, 3.63) is 90.5 Å². The SMILES string of the molecule is C=C/C(=C\CC)c1ccc2cc(-c3ccc(C#N)cc3)ccc2c1. The van der Waals surface area contributed by atoms with E-state index < -0.39 is 0 Å². The van der Waals surface area contributed by atoms with Gasteiger partial charge in [-0.25, -0.2) is 0 Å². The largest absolute Gasteiger partial charge is 0.192 e. The van der Waals surface area contributed by atoms with Crippen molar-refractivity contribution in [3.8, 4) is 17.2 Å². The van der Waals surface area contributed by atoms with Gasteiger partial charge in [0, 0.05) is 0 Å². The monoisotopic (exact) mass is 309 g/mol. The van der Waals surface area contributed by atoms with Gasteiger partial charge in [0.15, 0.2) is 0 Å². The van der Waals surface area contributed by atoms with Crippen LogP contribution in [0.1, 0.15) is 24.5 Å². The number of allylic oxidation sites excluding steroid dienone is 3. The molecule has 0 unspecified atom stereocenters. The molecule has 0 saturated carbocycles. The molecule has 1 heteroatoms. The number of fused-ring (bicyclic) bond motifs is 1. The standard InChI is InChI=1S/C23H19N/c1-3-5-18(4-2)20-10-12-23-15-21(11-13-22(23)14-20)19-8-6-17(16-24)7-9-19/h4-15H,2-3H2,1H3/b18-5+. The number of nitriles is 1. The van der Waals surface area contributed by atoms with E-state index in [1.54, 1.807) is 0 Å². The van der Waals surface area contributed by atoms with Gasteiger partial charge in [0.1, 0.15) is 0 Å². The maximum atomic E-state index is 8.91. The van der Waals surface area contributed by atoms with Gasteiger partial charge in [-0.2, -0.15) is 5.26 Å². The lowest BCUT2D eigenvalue weighted by atomic mass is 9.97. The van der Waals surface area contributed by atoms with Crippen LogP contribution in [0.15, 0.2) is 79.4 Å². The Labute approximate surface area is 143 Å². The molecule has 116 valence electrons. The predicted octanol–water partition coefficient (Wildman–Crippen LogP) is 6.36. The maximum absolute atomic E-state index is 8.91. The van der Waals surface area contributed by atoms with Crippen LogP contribution in [0, 0.1) is 11.3 Å². The summed E-state index contributed by atoms with van der Waals surface area (Å²) in [7, 11) is 0. The van der Waals surface area contributed by atoms with Gasteiger partial charge >= 0.3 is 0 Å². The summed E-state index contributed by atoms with van der Waals surface area (Å²) in [5.41, 5.74) is 5.34. The molecule has 0 N–H and O–H groups in total. The summed E-state index contributed by atoms with van der Waals surface area (Å²) in [5, 5.41) is 11.3. The molecule has 0 fully saturated rings. The average Bonchev–Trinajstić information content (AvgIpc) is 2.65. The van der Waals surface area contributed by atoms with Crippen molar-refractivity contribution in [2.24, 2.45) is 0 Å². The molecule has 0 aromatic heterocycles. The zero-order valence-electron chi connectivity index (χ0n) is 13.8. The van der Waals surface area contributed by atoms with Crippen LogP contribution >= 0.6 is 0 Å². The minimum Gasteiger partial charge on any atom is -0.192 e. The third-order valence-corrected chi connectivity index (χ3v) is 4.16. The summed E-state index contributed by atoms with van der Waals surface area (Å²) in [6.07, 6.45) is 5.10. The van der Waals surface area contributed by atoms with Gasteiger partial charge < -0.3 is 0 Å². The molecule has 0 amide bonds. The Morgan fingerprint density at radius 1 is 0.958 bits per heavy atom. The van der Waals surface area contributed by atoms with Gasteiger partial charge in [-0.1, -0.05) is 62.1 Å². The van der Waals surface area contributed by atoms with E-state index in [1.165, 1.54) is 21.9 Å². The van der Waals surface area contributed by atoms with E-state index in [4.69, 9.17) is 5.26 Å². The van der Waals surface area contributed by atoms with E-state index in [2.05, 4.69) is 62.0 Å². The fourth-order valence-electron chi connectivity index (χ4n) is 2.88. The number of benzene rings is 3. The second-order valence-corrected chi connectivity index (χ2v) is 5.74. The van der Waals surface area contributed by atoms with Crippen molar-refractivity contribution in [2.45, 2.75) is 13.3 Å². The van der Waals surface area contributed by atoms with Crippen LogP contribution in [0.3, 0.4) is 0 Å². The van der Waals surface area contributed by atoms with Crippen molar-refractivity contribution >= 4 is 16.3 Å². The van der Waals surface area contributed by atoms with Crippen LogP contribution in [-0.4, -0.2) is 0 Å². The van der Waals surface area contributed by atoms with E-state index in [0.29, 0.717) is 5.56 Å². The Morgan fingerprint density at radius 2 is 1.62 bits per heavy atom. The second kappa shape index (κ2) is 6.98. The third kappa shape index (κ3) is 3.14. The molecule has 24 heavy (non-hydrogen) atoms. The Hall–Kier alpha value is -3.11. The van der Waals surface area contributed by atoms with Crippen LogP contribution in [0.2, 0.25) is 0 Å². The van der Waals surface area contributed by atoms with Crippen LogP contribution in [0.5, 0.6) is 0 Å². The zero-order valence-corrected chi connectivity index (χ0v) is 13.8. The van der Waals surface area contributed by atoms with Crippen LogP contribution < -0.4 is 0 Å². The van der Waals surface area contributed by atoms with E-state index >= 15 is 0 Å². The molecular formula is C23H19N. The maximum Gasteiger partial charge on any atom is 0.0991 e. The first-order valence-corrected chi connectivity index (χ1v) is 8.12. The van der Waals surface area contributed by atoms with E-state index in [1.807, 2.05) is 30.3 Å². The van der Waals surface area contributed by atoms with E-state index in [9.17, 15) is 0 Å². The Morgan fingerprint density at radius 3 is 2.29 bits per heavy atom. The summed E-state index contributed by atoms with van der Waals surface area (Å²) < 4.78 is 0. The Bertz CT molecular complexity index is 953. The quantitative estimate of drug-likeness (QED) is 0.514. The molecule has 0 bridgehead atoms. The zero-order chi connectivity index (χ0) is 16.9. The summed E-state index contributed by atoms with van der Waals surface area (Å²) >= 11 is 0. The molecule has 3 aromatic carbocycles. The Kier molecular flexibility index (Phi) is 4.59. The highest BCUT2D eigenvalue weighted by Gasteiger charge is 2.03. The lowest BCUT2D eigenvalue weighted by Crippen LogP contribution is -1.84. The number of hydrogen-bond acceptors (Lipinski definition) is 1. The molecule has 0 heterocycles. The third-order valence-electron chi connectivity index (χ3n) is 4.16. The second-order valence-electron chi connectivity index (χ2n) is 5.74. The van der Waals surface area contributed by atoms with Crippen molar-refractivity contribution in [3.63, 3.8) is 0 Å². The lowest BCUT2D eigenvalue weighted by Gasteiger charge is -2.08. The highest BCUT2D eigenvalue weighted by Crippen LogP contribution is 2.27. The van der Waals surface area contributed by atoms with Gasteiger partial charge in [-0.15, -0.1) is 0 Å². The minimum absolute atomic E-state index is 0.684. The molecule has 0 aliphatic carbocycles. The fraction of sp³-hybridized carbons (Fsp3) is 0.0870. The first-order chi connectivity index (χ1) is 11.7. The first kappa shape index (κ1) is 15.8. The molecule has 3 rings (SSSR count). The normalized spacial score (nSPS) is 11.2. The molecule has 0 saturated heterocycles. The van der Waals surface area contributed by atoms with Crippen LogP contribution in [-0.2, 0) is 0 Å². The molecule has 0 spiro atoms. The summed E-state index contributed by atoms with van der Waals surface area (Å²) in [6, 6.07) is 22.8. The number of rotatable bonds is 4. The van der Waals surface area contributed by atoms with Gasteiger partial charge in [0.2, 0.25) is 0 Å². The highest BCUT2D eigenvalue weighted by atomic mass is 14.2. The summed E-state index contributed by atoms with van der Waals surface area (Å²) in [5.74, 6) is 0. The fourth-order valence-corrected chi connectivity index (χ4v) is 2.88. The van der Waals surface area contributed by atoms with Crippen molar-refractivity contribution < 1.29 is 0 Å². The number of nitrogens with zero attached hydrogens (tertiary/aromatic N) is 1. The molecule has 0 radical (unpaired) electrons. The smallest absolute Gasteiger partial charge is 0.0991 e. The molecule has 0 atom stereocenters. The lowest BCUT2D eigenvalue weighted by molar-refractivity contribution is 1.23. The van der Waals surface area contributed by atoms with Gasteiger partial charge in [-0.05, 0) is 63.7 Å². The van der Waals surface area contributed by atoms with E-state index in [0.717, 1.165) is 17.5 Å². The van der Waals surface area contributed by atoms with Crippen LogP contribution in [0.25, 0.3) is 27.5 Å². The molecule has 0 aliphatic rings. The Balaban J connectivity index is 2.01. The van der Waals surface area contributed by atoms with E-state index in [-0.39, 0.29) is 0 Å². The minimum atomic E-state index is 0.684. The topological polar surface area (TPSA) is 23.8 Å². The number of hydrogen-bond donors (Lipinski definition) is 0. The molecule has 0 aliphatic heterocycles. The predicted molar refractivity (Wildman–Crippen MR) is 103 cm³/mol. The van der Waals surface area contributed by atoms with Crippen molar-refractivity contribution in [2.75, 3.05) is 0 Å². The summed E-state index contributed by atoms with van der Waals surface area (Å²) in [4.78, 5) is 0. The van der Waals surface area contributed by atoms with Crippen molar-refractivity contribution in [1.29, 1.82) is 5.26 Å². The van der Waals surface area contributed by atoms with Gasteiger partial charge in [0.05, 0.1) is 11.6 Å². The molecule has 3 aromatic rings. The van der Waals surface area contributed by atoms with Gasteiger partial charge in [-0.3, -0.25) is 0 Å². The average molecular weight is 309 g/mol. The molecular weight excluding hydrogens is 290 g/mol. The first-order valence-electron chi connectivity index (χ1n) is 8.12. The highest BCUT2D eigenvalue weighted by molar-refractivity contribution is 5.91. The molecule has 1 nitrogen and oxygen atoms in total. The van der Waals surface area contributed by atoms with Gasteiger partial charge in [0.25, 0.3) is 0 Å². The van der Waals surface area contributed by atoms with Crippen LogP contribution in [0.4, 0.5) is 0 Å². The van der Waals surface area contributed by atoms with Crippen molar-refractivity contribution in [1.82, 2.24) is 0 Å².